The molecule has 0 amide bonds. The molecule has 16 heavy (non-hydrogen) atoms. The molecule has 0 radical (unpaired) electrons. The molecular formula is C13H16O3. The monoisotopic (exact) mass is 220 g/mol. The van der Waals surface area contributed by atoms with Crippen LogP contribution in [0.3, 0.4) is 0 Å². The van der Waals surface area contributed by atoms with Gasteiger partial charge < -0.3 is 14.2 Å². The Hall–Kier alpha value is -0.900. The van der Waals surface area contributed by atoms with E-state index in [1.165, 1.54) is 12.0 Å². The second-order valence-electron chi connectivity index (χ2n) is 4.24. The molecule has 3 nitrogen and oxygen atoms in total. The number of benzene rings is 1. The second kappa shape index (κ2) is 4.53. The Kier molecular flexibility index (Phi) is 2.91. The van der Waals surface area contributed by atoms with E-state index in [-0.39, 0.29) is 6.29 Å². The fourth-order valence-electron chi connectivity index (χ4n) is 2.26. The van der Waals surface area contributed by atoms with Gasteiger partial charge in [0, 0.05) is 12.2 Å². The topological polar surface area (TPSA) is 27.7 Å². The summed E-state index contributed by atoms with van der Waals surface area (Å²) in [6.45, 7) is 2.28. The quantitative estimate of drug-likeness (QED) is 0.766. The van der Waals surface area contributed by atoms with Crippen molar-refractivity contribution in [1.29, 1.82) is 0 Å². The van der Waals surface area contributed by atoms with Crippen molar-refractivity contribution >= 4 is 0 Å². The molecule has 1 unspecified atom stereocenters. The van der Waals surface area contributed by atoms with Crippen molar-refractivity contribution in [3.05, 3.63) is 35.4 Å². The van der Waals surface area contributed by atoms with Gasteiger partial charge in [-0.05, 0) is 18.4 Å². The van der Waals surface area contributed by atoms with Crippen LogP contribution in [0.2, 0.25) is 0 Å². The molecule has 0 aromatic heterocycles. The number of ether oxygens (including phenoxy) is 3. The fourth-order valence-corrected chi connectivity index (χ4v) is 2.26. The summed E-state index contributed by atoms with van der Waals surface area (Å²) < 4.78 is 16.5. The zero-order valence-corrected chi connectivity index (χ0v) is 9.22. The Labute approximate surface area is 95.3 Å². The maximum Gasteiger partial charge on any atom is 0.184 e. The van der Waals surface area contributed by atoms with Gasteiger partial charge in [0.15, 0.2) is 6.29 Å². The Balaban J connectivity index is 1.73. The van der Waals surface area contributed by atoms with Gasteiger partial charge in [0.1, 0.15) is 0 Å². The largest absolute Gasteiger partial charge is 0.374 e. The molecule has 2 heterocycles. The van der Waals surface area contributed by atoms with Crippen molar-refractivity contribution in [2.75, 3.05) is 19.8 Å². The first-order valence-electron chi connectivity index (χ1n) is 5.88. The number of rotatable bonds is 2. The molecule has 1 aromatic carbocycles. The maximum atomic E-state index is 5.64. The molecule has 86 valence electrons. The van der Waals surface area contributed by atoms with Crippen molar-refractivity contribution in [3.63, 3.8) is 0 Å². The molecule has 3 heteroatoms. The highest BCUT2D eigenvalue weighted by Gasteiger charge is 2.20. The molecule has 2 fully saturated rings. The summed E-state index contributed by atoms with van der Waals surface area (Å²) in [7, 11) is 0. The third-order valence-electron chi connectivity index (χ3n) is 3.13. The van der Waals surface area contributed by atoms with Crippen LogP contribution < -0.4 is 0 Å². The molecule has 2 aliphatic rings. The minimum Gasteiger partial charge on any atom is -0.374 e. The Bertz CT molecular complexity index is 300. The minimum atomic E-state index is -0.168. The number of hydrogen-bond acceptors (Lipinski definition) is 3. The first-order chi connectivity index (χ1) is 7.93. The molecule has 0 aliphatic carbocycles. The van der Waals surface area contributed by atoms with Crippen LogP contribution in [0.1, 0.15) is 36.4 Å². The first kappa shape index (κ1) is 10.3. The molecule has 2 aliphatic heterocycles. The highest BCUT2D eigenvalue weighted by atomic mass is 16.7. The molecule has 1 aromatic rings. The average molecular weight is 220 g/mol. The van der Waals surface area contributed by atoms with E-state index in [4.69, 9.17) is 14.2 Å². The molecule has 0 spiro atoms. The van der Waals surface area contributed by atoms with E-state index in [2.05, 4.69) is 24.3 Å². The lowest BCUT2D eigenvalue weighted by Gasteiger charge is -2.12. The van der Waals surface area contributed by atoms with E-state index in [0.29, 0.717) is 19.3 Å². The average Bonchev–Trinajstić information content (AvgIpc) is 3.03. The van der Waals surface area contributed by atoms with Crippen LogP contribution in [-0.2, 0) is 14.2 Å². The van der Waals surface area contributed by atoms with Gasteiger partial charge >= 0.3 is 0 Å². The lowest BCUT2D eigenvalue weighted by Crippen LogP contribution is -2.00. The van der Waals surface area contributed by atoms with Crippen LogP contribution >= 0.6 is 0 Å². The van der Waals surface area contributed by atoms with Crippen LogP contribution in [0.5, 0.6) is 0 Å². The van der Waals surface area contributed by atoms with Crippen LogP contribution in [0, 0.1) is 0 Å². The zero-order valence-electron chi connectivity index (χ0n) is 9.22. The van der Waals surface area contributed by atoms with Gasteiger partial charge in [0.25, 0.3) is 0 Å². The zero-order chi connectivity index (χ0) is 10.8. The summed E-state index contributed by atoms with van der Waals surface area (Å²) in [4.78, 5) is 0. The van der Waals surface area contributed by atoms with Crippen molar-refractivity contribution in [2.45, 2.75) is 25.2 Å². The summed E-state index contributed by atoms with van der Waals surface area (Å²) in [5, 5.41) is 0. The van der Waals surface area contributed by atoms with Gasteiger partial charge in [-0.1, -0.05) is 24.3 Å². The number of hydrogen-bond donors (Lipinski definition) is 0. The van der Waals surface area contributed by atoms with Crippen molar-refractivity contribution in [3.8, 4) is 0 Å². The van der Waals surface area contributed by atoms with E-state index in [1.807, 2.05) is 0 Å². The summed E-state index contributed by atoms with van der Waals surface area (Å²) in [6.07, 6.45) is 2.43. The maximum absolute atomic E-state index is 5.64. The summed E-state index contributed by atoms with van der Waals surface area (Å²) in [5.41, 5.74) is 2.36. The predicted molar refractivity (Wildman–Crippen MR) is 59.0 cm³/mol. The normalized spacial score (nSPS) is 26.4. The van der Waals surface area contributed by atoms with Crippen LogP contribution in [0.4, 0.5) is 0 Å². The molecule has 0 saturated carbocycles. The van der Waals surface area contributed by atoms with Crippen molar-refractivity contribution in [1.82, 2.24) is 0 Å². The molecule has 0 bridgehead atoms. The van der Waals surface area contributed by atoms with Crippen molar-refractivity contribution < 1.29 is 14.2 Å². The first-order valence-corrected chi connectivity index (χ1v) is 5.88. The highest BCUT2D eigenvalue weighted by molar-refractivity contribution is 5.25. The fraction of sp³-hybridized carbons (Fsp3) is 0.538. The van der Waals surface area contributed by atoms with E-state index in [9.17, 15) is 0 Å². The van der Waals surface area contributed by atoms with E-state index >= 15 is 0 Å². The van der Waals surface area contributed by atoms with E-state index < -0.39 is 0 Å². The van der Waals surface area contributed by atoms with Gasteiger partial charge in [-0.2, -0.15) is 0 Å². The molecular weight excluding hydrogens is 204 g/mol. The Morgan fingerprint density at radius 3 is 2.12 bits per heavy atom. The van der Waals surface area contributed by atoms with E-state index in [1.54, 1.807) is 0 Å². The predicted octanol–water partition coefficient (Wildman–Crippen LogP) is 2.58. The van der Waals surface area contributed by atoms with Crippen LogP contribution in [0.25, 0.3) is 0 Å². The molecule has 2 saturated heterocycles. The molecule has 3 rings (SSSR count). The third-order valence-corrected chi connectivity index (χ3v) is 3.13. The smallest absolute Gasteiger partial charge is 0.184 e. The van der Waals surface area contributed by atoms with Crippen molar-refractivity contribution in [2.24, 2.45) is 0 Å². The minimum absolute atomic E-state index is 0.168. The van der Waals surface area contributed by atoms with Gasteiger partial charge in [-0.25, -0.2) is 0 Å². The van der Waals surface area contributed by atoms with E-state index in [0.717, 1.165) is 18.6 Å². The second-order valence-corrected chi connectivity index (χ2v) is 4.24. The van der Waals surface area contributed by atoms with Crippen LogP contribution in [-0.4, -0.2) is 19.8 Å². The lowest BCUT2D eigenvalue weighted by atomic mass is 10.0. The molecule has 0 N–H and O–H groups in total. The van der Waals surface area contributed by atoms with Gasteiger partial charge in [0.2, 0.25) is 0 Å². The van der Waals surface area contributed by atoms with Gasteiger partial charge in [-0.3, -0.25) is 0 Å². The highest BCUT2D eigenvalue weighted by Crippen LogP contribution is 2.30. The Morgan fingerprint density at radius 2 is 1.50 bits per heavy atom. The molecule has 1 atom stereocenters. The Morgan fingerprint density at radius 1 is 0.812 bits per heavy atom. The van der Waals surface area contributed by atoms with Crippen LogP contribution in [0.15, 0.2) is 24.3 Å². The third kappa shape index (κ3) is 1.98. The van der Waals surface area contributed by atoms with Gasteiger partial charge in [0.05, 0.1) is 19.3 Å². The SMILES string of the molecule is c1cc(C2OCCO2)ccc1C1CCCO1. The van der Waals surface area contributed by atoms with Gasteiger partial charge in [-0.15, -0.1) is 0 Å². The summed E-state index contributed by atoms with van der Waals surface area (Å²) in [6, 6.07) is 8.40. The standard InChI is InChI=1S/C13H16O3/c1-2-12(14-7-1)10-3-5-11(6-4-10)13-15-8-9-16-13/h3-6,12-13H,1-2,7-9H2. The summed E-state index contributed by atoms with van der Waals surface area (Å²) >= 11 is 0. The summed E-state index contributed by atoms with van der Waals surface area (Å²) in [5.74, 6) is 0. The lowest BCUT2D eigenvalue weighted by molar-refractivity contribution is -0.0441.